The van der Waals surface area contributed by atoms with Gasteiger partial charge in [-0.1, -0.05) is 25.3 Å². The summed E-state index contributed by atoms with van der Waals surface area (Å²) in [6.07, 6.45) is 1.05. The number of halogens is 3. The van der Waals surface area contributed by atoms with E-state index in [1.807, 2.05) is 0 Å². The lowest BCUT2D eigenvalue weighted by atomic mass is 9.88. The van der Waals surface area contributed by atoms with Crippen molar-refractivity contribution in [2.45, 2.75) is 38.3 Å². The van der Waals surface area contributed by atoms with Crippen molar-refractivity contribution in [1.29, 1.82) is 0 Å². The number of nitrogens with two attached hydrogens (primary N) is 1. The Morgan fingerprint density at radius 2 is 1.84 bits per heavy atom. The molecule has 0 amide bonds. The molecule has 2 N–H and O–H groups in total. The predicted octanol–water partition coefficient (Wildman–Crippen LogP) is 4.27. The molecule has 104 valence electrons. The van der Waals surface area contributed by atoms with E-state index in [1.54, 1.807) is 6.07 Å². The van der Waals surface area contributed by atoms with Crippen molar-refractivity contribution in [3.63, 3.8) is 0 Å². The third-order valence-corrected chi connectivity index (χ3v) is 3.46. The second-order valence-corrected chi connectivity index (χ2v) is 4.92. The van der Waals surface area contributed by atoms with E-state index in [-0.39, 0.29) is 11.6 Å². The second kappa shape index (κ2) is 5.63. The quantitative estimate of drug-likeness (QED) is 0.632. The number of benzene rings is 1. The molecule has 1 saturated carbocycles. The fraction of sp³-hybridized carbons (Fsp3) is 0.500. The van der Waals surface area contributed by atoms with Gasteiger partial charge in [-0.3, -0.25) is 0 Å². The molecule has 2 rings (SSSR count). The summed E-state index contributed by atoms with van der Waals surface area (Å²) in [5.41, 5.74) is 5.49. The van der Waals surface area contributed by atoms with Crippen molar-refractivity contribution in [3.8, 4) is 0 Å². The molecule has 0 saturated heterocycles. The van der Waals surface area contributed by atoms with Gasteiger partial charge in [0.2, 0.25) is 0 Å². The number of hydrogen-bond donors (Lipinski definition) is 1. The maximum atomic E-state index is 12.6. The number of amidine groups is 1. The molecule has 0 aromatic heterocycles. The van der Waals surface area contributed by atoms with E-state index in [4.69, 9.17) is 5.73 Å². The minimum absolute atomic E-state index is 0.211. The van der Waals surface area contributed by atoms with Gasteiger partial charge >= 0.3 is 6.18 Å². The lowest BCUT2D eigenvalue weighted by Gasteiger charge is -2.20. The number of aliphatic imine (C=N–C) groups is 1. The first kappa shape index (κ1) is 13.9. The molecule has 2 nitrogen and oxygen atoms in total. The minimum atomic E-state index is -4.34. The highest BCUT2D eigenvalue weighted by Gasteiger charge is 2.30. The highest BCUT2D eigenvalue weighted by Crippen LogP contribution is 2.32. The molecule has 0 radical (unpaired) electrons. The predicted molar refractivity (Wildman–Crippen MR) is 69.3 cm³/mol. The fourth-order valence-corrected chi connectivity index (χ4v) is 2.39. The largest absolute Gasteiger partial charge is 0.416 e. The van der Waals surface area contributed by atoms with Gasteiger partial charge in [-0.05, 0) is 31.0 Å². The van der Waals surface area contributed by atoms with Crippen LogP contribution in [0.15, 0.2) is 29.3 Å². The van der Waals surface area contributed by atoms with E-state index in [9.17, 15) is 13.2 Å². The van der Waals surface area contributed by atoms with Crippen molar-refractivity contribution in [1.82, 2.24) is 0 Å². The normalized spacial score (nSPS) is 18.6. The van der Waals surface area contributed by atoms with Crippen LogP contribution in [0.1, 0.15) is 37.7 Å². The van der Waals surface area contributed by atoms with Crippen LogP contribution < -0.4 is 5.73 Å². The topological polar surface area (TPSA) is 38.4 Å². The van der Waals surface area contributed by atoms with E-state index in [2.05, 4.69) is 4.99 Å². The third-order valence-electron chi connectivity index (χ3n) is 3.46. The Balaban J connectivity index is 2.17. The zero-order chi connectivity index (χ0) is 13.9. The number of alkyl halides is 3. The van der Waals surface area contributed by atoms with E-state index in [0.717, 1.165) is 37.8 Å². The Hall–Kier alpha value is -1.52. The van der Waals surface area contributed by atoms with Crippen LogP contribution in [-0.2, 0) is 6.18 Å². The molecule has 1 aromatic carbocycles. The Kier molecular flexibility index (Phi) is 4.12. The lowest BCUT2D eigenvalue weighted by molar-refractivity contribution is -0.137. The first-order valence-corrected chi connectivity index (χ1v) is 6.48. The highest BCUT2D eigenvalue weighted by atomic mass is 19.4. The molecular formula is C14H17F3N2. The fourth-order valence-electron chi connectivity index (χ4n) is 2.39. The van der Waals surface area contributed by atoms with Gasteiger partial charge in [-0.15, -0.1) is 0 Å². The number of rotatable bonds is 2. The minimum Gasteiger partial charge on any atom is -0.387 e. The molecule has 1 fully saturated rings. The summed E-state index contributed by atoms with van der Waals surface area (Å²) in [6.45, 7) is 0. The summed E-state index contributed by atoms with van der Waals surface area (Å²) in [6, 6.07) is 4.98. The smallest absolute Gasteiger partial charge is 0.387 e. The molecule has 1 aromatic rings. The standard InChI is InChI=1S/C14H17F3N2/c15-14(16,17)11-7-4-8-12(9-11)19-13(18)10-5-2-1-3-6-10/h4,7-10H,1-3,5-6H2,(H2,18,19). The monoisotopic (exact) mass is 270 g/mol. The van der Waals surface area contributed by atoms with Crippen LogP contribution in [0.4, 0.5) is 18.9 Å². The molecule has 0 aliphatic heterocycles. The Morgan fingerprint density at radius 1 is 1.16 bits per heavy atom. The van der Waals surface area contributed by atoms with Gasteiger partial charge in [-0.2, -0.15) is 13.2 Å². The van der Waals surface area contributed by atoms with Gasteiger partial charge in [-0.25, -0.2) is 4.99 Å². The summed E-state index contributed by atoms with van der Waals surface area (Å²) < 4.78 is 37.7. The van der Waals surface area contributed by atoms with E-state index in [0.29, 0.717) is 5.84 Å². The molecule has 0 atom stereocenters. The molecule has 1 aliphatic rings. The summed E-state index contributed by atoms with van der Waals surface area (Å²) in [4.78, 5) is 4.15. The van der Waals surface area contributed by atoms with E-state index in [1.165, 1.54) is 12.5 Å². The van der Waals surface area contributed by atoms with Crippen LogP contribution in [0.25, 0.3) is 0 Å². The average molecular weight is 270 g/mol. The molecule has 0 heterocycles. The summed E-state index contributed by atoms with van der Waals surface area (Å²) in [5.74, 6) is 0.669. The van der Waals surface area contributed by atoms with Gasteiger partial charge in [0.05, 0.1) is 11.3 Å². The van der Waals surface area contributed by atoms with Gasteiger partial charge < -0.3 is 5.73 Å². The molecule has 0 spiro atoms. The van der Waals surface area contributed by atoms with Crippen LogP contribution >= 0.6 is 0 Å². The Labute approximate surface area is 110 Å². The number of hydrogen-bond acceptors (Lipinski definition) is 1. The maximum absolute atomic E-state index is 12.6. The zero-order valence-corrected chi connectivity index (χ0v) is 10.6. The van der Waals surface area contributed by atoms with Gasteiger partial charge in [0.25, 0.3) is 0 Å². The van der Waals surface area contributed by atoms with Crippen molar-refractivity contribution in [2.24, 2.45) is 16.6 Å². The maximum Gasteiger partial charge on any atom is 0.416 e. The molecule has 0 unspecified atom stereocenters. The molecule has 1 aliphatic carbocycles. The van der Waals surface area contributed by atoms with E-state index < -0.39 is 11.7 Å². The average Bonchev–Trinajstić information content (AvgIpc) is 2.39. The first-order valence-electron chi connectivity index (χ1n) is 6.48. The summed E-state index contributed by atoms with van der Waals surface area (Å²) >= 11 is 0. The van der Waals surface area contributed by atoms with Crippen LogP contribution in [0.5, 0.6) is 0 Å². The Morgan fingerprint density at radius 3 is 2.47 bits per heavy atom. The summed E-state index contributed by atoms with van der Waals surface area (Å²) in [7, 11) is 0. The second-order valence-electron chi connectivity index (χ2n) is 4.92. The zero-order valence-electron chi connectivity index (χ0n) is 10.6. The lowest BCUT2D eigenvalue weighted by Crippen LogP contribution is -2.25. The van der Waals surface area contributed by atoms with Crippen LogP contribution in [0.3, 0.4) is 0 Å². The third kappa shape index (κ3) is 3.72. The van der Waals surface area contributed by atoms with Gasteiger partial charge in [0, 0.05) is 5.92 Å². The Bertz CT molecular complexity index is 460. The van der Waals surface area contributed by atoms with Crippen molar-refractivity contribution >= 4 is 11.5 Å². The number of nitrogens with zero attached hydrogens (tertiary/aromatic N) is 1. The molecular weight excluding hydrogens is 253 g/mol. The molecule has 19 heavy (non-hydrogen) atoms. The van der Waals surface area contributed by atoms with Crippen molar-refractivity contribution < 1.29 is 13.2 Å². The van der Waals surface area contributed by atoms with Crippen LogP contribution in [0.2, 0.25) is 0 Å². The van der Waals surface area contributed by atoms with E-state index >= 15 is 0 Å². The highest BCUT2D eigenvalue weighted by molar-refractivity contribution is 5.85. The molecule has 0 bridgehead atoms. The summed E-state index contributed by atoms with van der Waals surface area (Å²) in [5, 5.41) is 0. The van der Waals surface area contributed by atoms with Gasteiger partial charge in [0.1, 0.15) is 5.84 Å². The van der Waals surface area contributed by atoms with Crippen molar-refractivity contribution in [3.05, 3.63) is 29.8 Å². The van der Waals surface area contributed by atoms with Crippen LogP contribution in [0, 0.1) is 5.92 Å². The SMILES string of the molecule is NC(=Nc1cccc(C(F)(F)F)c1)C1CCCCC1. The van der Waals surface area contributed by atoms with Crippen LogP contribution in [-0.4, -0.2) is 5.84 Å². The molecule has 5 heteroatoms. The van der Waals surface area contributed by atoms with Crippen molar-refractivity contribution in [2.75, 3.05) is 0 Å². The first-order chi connectivity index (χ1) is 8.97. The van der Waals surface area contributed by atoms with Gasteiger partial charge in [0.15, 0.2) is 0 Å².